The fourth-order valence-corrected chi connectivity index (χ4v) is 8.65. The van der Waals surface area contributed by atoms with Gasteiger partial charge in [-0.1, -0.05) is 146 Å². The molecule has 6 nitrogen and oxygen atoms in total. The number of nitrogens with zero attached hydrogens (tertiary/aromatic N) is 5. The second kappa shape index (κ2) is 12.3. The van der Waals surface area contributed by atoms with Crippen molar-refractivity contribution in [3.05, 3.63) is 188 Å². The van der Waals surface area contributed by atoms with Crippen LogP contribution in [0.2, 0.25) is 0 Å². The molecule has 0 aliphatic heterocycles. The van der Waals surface area contributed by atoms with Gasteiger partial charge in [0.15, 0.2) is 17.2 Å². The molecule has 0 atom stereocenters. The Kier molecular flexibility index (Phi) is 6.83. The van der Waals surface area contributed by atoms with Crippen molar-refractivity contribution in [2.24, 2.45) is 0 Å². The average Bonchev–Trinajstić information content (AvgIpc) is 3.95. The van der Waals surface area contributed by atoms with Crippen LogP contribution in [0.5, 0.6) is 0 Å². The highest BCUT2D eigenvalue weighted by atomic mass is 16.3. The summed E-state index contributed by atoms with van der Waals surface area (Å²) in [5, 5.41) is 6.66. The van der Waals surface area contributed by atoms with Crippen molar-refractivity contribution in [3.8, 4) is 45.5 Å². The zero-order valence-corrected chi connectivity index (χ0v) is 30.5. The second-order valence-corrected chi connectivity index (χ2v) is 14.4. The highest BCUT2D eigenvalue weighted by Crippen LogP contribution is 2.46. The Bertz CT molecular complexity index is 3450. The first-order chi connectivity index (χ1) is 28.3. The van der Waals surface area contributed by atoms with E-state index in [1.54, 1.807) is 0 Å². The molecule has 57 heavy (non-hydrogen) atoms. The SMILES string of the molecule is c1ccc(-c2nc(-c3ccccc3)nc(-n3c4ccccc4c4c(-c5ccc6c7ccccc7n(-c7ccccc7)c6c5)cc5c6ccccc6oc5c43)n2)cc1. The molecule has 0 aliphatic rings. The predicted octanol–water partition coefficient (Wildman–Crippen LogP) is 13.0. The first-order valence-corrected chi connectivity index (χ1v) is 19.1. The maximum Gasteiger partial charge on any atom is 0.238 e. The van der Waals surface area contributed by atoms with Gasteiger partial charge in [-0.15, -0.1) is 0 Å². The van der Waals surface area contributed by atoms with Crippen molar-refractivity contribution in [1.82, 2.24) is 24.1 Å². The molecule has 0 saturated carbocycles. The summed E-state index contributed by atoms with van der Waals surface area (Å²) in [6.07, 6.45) is 0. The smallest absolute Gasteiger partial charge is 0.238 e. The molecule has 0 bridgehead atoms. The zero-order valence-electron chi connectivity index (χ0n) is 30.5. The van der Waals surface area contributed by atoms with Crippen molar-refractivity contribution >= 4 is 65.6 Å². The van der Waals surface area contributed by atoms with Gasteiger partial charge in [-0.25, -0.2) is 4.98 Å². The monoisotopic (exact) mass is 729 g/mol. The topological polar surface area (TPSA) is 61.7 Å². The minimum absolute atomic E-state index is 0.521. The molecule has 0 fully saturated rings. The molecule has 12 aromatic rings. The third-order valence-corrected chi connectivity index (χ3v) is 11.2. The molecule has 0 spiro atoms. The zero-order chi connectivity index (χ0) is 37.5. The van der Waals surface area contributed by atoms with Gasteiger partial charge in [0.05, 0.1) is 16.6 Å². The molecule has 266 valence electrons. The van der Waals surface area contributed by atoms with Gasteiger partial charge in [-0.05, 0) is 53.6 Å². The fourth-order valence-electron chi connectivity index (χ4n) is 8.65. The first kappa shape index (κ1) is 31.5. The normalized spacial score (nSPS) is 11.9. The summed E-state index contributed by atoms with van der Waals surface area (Å²) < 4.78 is 11.4. The Morgan fingerprint density at radius 1 is 0.386 bits per heavy atom. The number of hydrogen-bond acceptors (Lipinski definition) is 4. The van der Waals surface area contributed by atoms with Crippen LogP contribution >= 0.6 is 0 Å². The van der Waals surface area contributed by atoms with Gasteiger partial charge in [-0.2, -0.15) is 9.97 Å². The van der Waals surface area contributed by atoms with Crippen LogP contribution < -0.4 is 0 Å². The standard InChI is InChI=1S/C51H31N5O/c1-4-16-32(17-5-1)49-52-50(33-18-6-2-7-19-33)54-51(53-49)56-43-26-14-11-24-39(43)46-40(31-41-38-23-12-15-27-45(38)57-48(41)47(46)56)34-28-29-37-36-22-10-13-25-42(36)55(44(37)30-34)35-20-8-3-9-21-35/h1-31H. The second-order valence-electron chi connectivity index (χ2n) is 14.4. The predicted molar refractivity (Wildman–Crippen MR) is 232 cm³/mol. The molecule has 0 unspecified atom stereocenters. The van der Waals surface area contributed by atoms with E-state index in [0.29, 0.717) is 17.6 Å². The number of benzene rings is 8. The van der Waals surface area contributed by atoms with Crippen molar-refractivity contribution in [2.75, 3.05) is 0 Å². The van der Waals surface area contributed by atoms with Crippen LogP contribution in [0.25, 0.3) is 111 Å². The Labute approximate surface area is 326 Å². The van der Waals surface area contributed by atoms with E-state index in [2.05, 4.69) is 124 Å². The molecule has 0 N–H and O–H groups in total. The maximum atomic E-state index is 6.87. The van der Waals surface area contributed by atoms with Gasteiger partial charge in [0.1, 0.15) is 11.1 Å². The van der Waals surface area contributed by atoms with Crippen LogP contribution in [-0.2, 0) is 0 Å². The molecule has 4 heterocycles. The van der Waals surface area contributed by atoms with Crippen molar-refractivity contribution in [1.29, 1.82) is 0 Å². The van der Waals surface area contributed by atoms with Gasteiger partial charge in [0, 0.05) is 49.1 Å². The van der Waals surface area contributed by atoms with E-state index in [4.69, 9.17) is 19.4 Å². The van der Waals surface area contributed by atoms with E-state index in [1.807, 2.05) is 72.8 Å². The highest BCUT2D eigenvalue weighted by Gasteiger charge is 2.25. The molecular formula is C51H31N5O. The molecule has 4 aromatic heterocycles. The number of hydrogen-bond donors (Lipinski definition) is 0. The van der Waals surface area contributed by atoms with Gasteiger partial charge < -0.3 is 8.98 Å². The lowest BCUT2D eigenvalue weighted by Gasteiger charge is -2.12. The molecule has 0 amide bonds. The van der Waals surface area contributed by atoms with Gasteiger partial charge in [0.2, 0.25) is 5.95 Å². The van der Waals surface area contributed by atoms with E-state index in [0.717, 1.165) is 77.2 Å². The summed E-state index contributed by atoms with van der Waals surface area (Å²) >= 11 is 0. The summed E-state index contributed by atoms with van der Waals surface area (Å²) in [6.45, 7) is 0. The van der Waals surface area contributed by atoms with E-state index in [1.165, 1.54) is 16.3 Å². The summed E-state index contributed by atoms with van der Waals surface area (Å²) in [4.78, 5) is 15.5. The lowest BCUT2D eigenvalue weighted by Crippen LogP contribution is -2.06. The first-order valence-electron chi connectivity index (χ1n) is 19.1. The molecular weight excluding hydrogens is 699 g/mol. The molecule has 0 saturated heterocycles. The lowest BCUT2D eigenvalue weighted by molar-refractivity contribution is 0.670. The van der Waals surface area contributed by atoms with Crippen LogP contribution in [0, 0.1) is 0 Å². The third kappa shape index (κ3) is 4.81. The number of rotatable bonds is 5. The molecule has 0 radical (unpaired) electrons. The van der Waals surface area contributed by atoms with Crippen molar-refractivity contribution in [3.63, 3.8) is 0 Å². The molecule has 0 aliphatic carbocycles. The summed E-state index contributed by atoms with van der Waals surface area (Å²) in [7, 11) is 0. The van der Waals surface area contributed by atoms with Crippen LogP contribution in [0.4, 0.5) is 0 Å². The summed E-state index contributed by atoms with van der Waals surface area (Å²) in [5.74, 6) is 1.72. The molecule has 8 aromatic carbocycles. The van der Waals surface area contributed by atoms with E-state index >= 15 is 0 Å². The van der Waals surface area contributed by atoms with Crippen molar-refractivity contribution < 1.29 is 4.42 Å². The van der Waals surface area contributed by atoms with Gasteiger partial charge >= 0.3 is 0 Å². The van der Waals surface area contributed by atoms with Crippen LogP contribution in [0.1, 0.15) is 0 Å². The minimum atomic E-state index is 0.521. The Balaban J connectivity index is 1.23. The summed E-state index contributed by atoms with van der Waals surface area (Å²) in [6, 6.07) is 65.5. The Morgan fingerprint density at radius 3 is 1.65 bits per heavy atom. The van der Waals surface area contributed by atoms with Crippen LogP contribution in [-0.4, -0.2) is 24.1 Å². The summed E-state index contributed by atoms with van der Waals surface area (Å²) in [5.41, 5.74) is 11.0. The van der Waals surface area contributed by atoms with Crippen molar-refractivity contribution in [2.45, 2.75) is 0 Å². The highest BCUT2D eigenvalue weighted by molar-refractivity contribution is 6.26. The quantitative estimate of drug-likeness (QED) is 0.177. The Hall–Kier alpha value is -7.83. The Morgan fingerprint density at radius 2 is 0.947 bits per heavy atom. The van der Waals surface area contributed by atoms with Crippen LogP contribution in [0.3, 0.4) is 0 Å². The number of fused-ring (bicyclic) bond motifs is 10. The number of aromatic nitrogens is 5. The third-order valence-electron chi connectivity index (χ3n) is 11.2. The largest absolute Gasteiger partial charge is 0.454 e. The molecule has 12 rings (SSSR count). The van der Waals surface area contributed by atoms with Gasteiger partial charge in [-0.3, -0.25) is 4.57 Å². The van der Waals surface area contributed by atoms with E-state index < -0.39 is 0 Å². The average molecular weight is 730 g/mol. The molecule has 6 heteroatoms. The maximum absolute atomic E-state index is 6.87. The number of furan rings is 1. The van der Waals surface area contributed by atoms with E-state index in [9.17, 15) is 0 Å². The fraction of sp³-hybridized carbons (Fsp3) is 0. The van der Waals surface area contributed by atoms with E-state index in [-0.39, 0.29) is 0 Å². The van der Waals surface area contributed by atoms with Gasteiger partial charge in [0.25, 0.3) is 0 Å². The van der Waals surface area contributed by atoms with Crippen LogP contribution in [0.15, 0.2) is 192 Å². The minimum Gasteiger partial charge on any atom is -0.454 e. The number of para-hydroxylation sites is 4. The lowest BCUT2D eigenvalue weighted by atomic mass is 9.96.